The molecule has 0 bridgehead atoms. The van der Waals surface area contributed by atoms with Crippen molar-refractivity contribution in [2.45, 2.75) is 26.2 Å². The van der Waals surface area contributed by atoms with Crippen LogP contribution in [0.2, 0.25) is 4.47 Å². The fourth-order valence-electron chi connectivity index (χ4n) is 1.10. The Hall–Kier alpha value is -0.720. The van der Waals surface area contributed by atoms with Gasteiger partial charge in [0.1, 0.15) is 0 Å². The highest BCUT2D eigenvalue weighted by molar-refractivity contribution is 7.17. The van der Waals surface area contributed by atoms with E-state index in [-0.39, 0.29) is 10.4 Å². The third-order valence-electron chi connectivity index (χ3n) is 1.99. The van der Waals surface area contributed by atoms with Crippen LogP contribution in [0.25, 0.3) is 0 Å². The van der Waals surface area contributed by atoms with Gasteiger partial charge < -0.3 is 10.1 Å². The lowest BCUT2D eigenvalue weighted by Crippen LogP contribution is -2.25. The Morgan fingerprint density at radius 3 is 2.82 bits per heavy atom. The van der Waals surface area contributed by atoms with Gasteiger partial charge in [0.25, 0.3) is 5.91 Å². The van der Waals surface area contributed by atoms with Crippen LogP contribution in [0.15, 0.2) is 0 Å². The quantitative estimate of drug-likeness (QED) is 0.740. The highest BCUT2D eigenvalue weighted by atomic mass is 35.5. The summed E-state index contributed by atoms with van der Waals surface area (Å²) >= 11 is 6.65. The maximum absolute atomic E-state index is 11.5. The molecular weight excluding hydrogens is 262 g/mol. The predicted molar refractivity (Wildman–Crippen MR) is 67.6 cm³/mol. The summed E-state index contributed by atoms with van der Waals surface area (Å²) in [5.74, 6) is -0.233. The molecule has 1 rings (SSSR count). The maximum Gasteiger partial charge on any atom is 0.282 e. The summed E-state index contributed by atoms with van der Waals surface area (Å²) < 4.78 is 5.64. The summed E-state index contributed by atoms with van der Waals surface area (Å²) in [4.78, 5) is 11.5. The van der Waals surface area contributed by atoms with Gasteiger partial charge in [-0.1, -0.05) is 24.7 Å². The van der Waals surface area contributed by atoms with Crippen LogP contribution in [0, 0.1) is 0 Å². The highest BCUT2D eigenvalue weighted by Gasteiger charge is 2.10. The van der Waals surface area contributed by atoms with Crippen LogP contribution >= 0.6 is 22.9 Å². The fourth-order valence-corrected chi connectivity index (χ4v) is 1.84. The van der Waals surface area contributed by atoms with Crippen molar-refractivity contribution in [3.8, 4) is 0 Å². The number of rotatable bonds is 8. The molecule has 0 aromatic carbocycles. The van der Waals surface area contributed by atoms with Crippen molar-refractivity contribution < 1.29 is 9.53 Å². The minimum absolute atomic E-state index is 0.233. The number of halogens is 1. The highest BCUT2D eigenvalue weighted by Crippen LogP contribution is 2.14. The molecule has 0 fully saturated rings. The third kappa shape index (κ3) is 5.95. The fraction of sp³-hybridized carbons (Fsp3) is 0.700. The van der Waals surface area contributed by atoms with E-state index in [1.165, 1.54) is 0 Å². The first-order valence-corrected chi connectivity index (χ1v) is 6.78. The number of nitrogens with zero attached hydrogens (tertiary/aromatic N) is 2. The molecule has 0 saturated heterocycles. The number of hydrogen-bond acceptors (Lipinski definition) is 5. The van der Waals surface area contributed by atoms with E-state index in [0.29, 0.717) is 18.2 Å². The van der Waals surface area contributed by atoms with E-state index in [4.69, 9.17) is 16.3 Å². The van der Waals surface area contributed by atoms with Gasteiger partial charge in [0, 0.05) is 19.8 Å². The first kappa shape index (κ1) is 14.3. The molecule has 0 aliphatic heterocycles. The van der Waals surface area contributed by atoms with E-state index < -0.39 is 0 Å². The number of unbranched alkanes of at least 4 members (excludes halogenated alkanes) is 1. The number of nitrogens with one attached hydrogen (secondary N) is 1. The van der Waals surface area contributed by atoms with Gasteiger partial charge in [0.15, 0.2) is 0 Å². The van der Waals surface area contributed by atoms with E-state index in [1.54, 1.807) is 0 Å². The molecule has 5 nitrogen and oxygen atoms in total. The largest absolute Gasteiger partial charge is 0.381 e. The summed E-state index contributed by atoms with van der Waals surface area (Å²) in [6, 6.07) is 0. The molecule has 0 spiro atoms. The van der Waals surface area contributed by atoms with Crippen LogP contribution < -0.4 is 5.32 Å². The Morgan fingerprint density at radius 1 is 1.41 bits per heavy atom. The number of carbonyl (C=O) groups is 1. The maximum atomic E-state index is 11.5. The van der Waals surface area contributed by atoms with E-state index in [0.717, 1.165) is 37.2 Å². The number of aromatic nitrogens is 2. The topological polar surface area (TPSA) is 64.1 Å². The molecule has 0 aliphatic carbocycles. The summed E-state index contributed by atoms with van der Waals surface area (Å²) in [6.07, 6.45) is 3.01. The van der Waals surface area contributed by atoms with Crippen molar-refractivity contribution >= 4 is 28.8 Å². The molecule has 7 heteroatoms. The van der Waals surface area contributed by atoms with Crippen molar-refractivity contribution in [3.63, 3.8) is 0 Å². The molecule has 1 aromatic heterocycles. The van der Waals surface area contributed by atoms with Crippen LogP contribution in [0.1, 0.15) is 36.0 Å². The van der Waals surface area contributed by atoms with E-state index >= 15 is 0 Å². The lowest BCUT2D eigenvalue weighted by molar-refractivity contribution is 0.0939. The van der Waals surface area contributed by atoms with E-state index in [9.17, 15) is 4.79 Å². The number of hydrogen-bond donors (Lipinski definition) is 1. The Balaban J connectivity index is 2.05. The van der Waals surface area contributed by atoms with Crippen LogP contribution in [0.5, 0.6) is 0 Å². The normalized spacial score (nSPS) is 10.5. The van der Waals surface area contributed by atoms with E-state index in [2.05, 4.69) is 22.4 Å². The molecule has 0 unspecified atom stereocenters. The van der Waals surface area contributed by atoms with Crippen molar-refractivity contribution in [1.29, 1.82) is 0 Å². The molecule has 1 amide bonds. The molecule has 0 aliphatic rings. The zero-order chi connectivity index (χ0) is 12.5. The predicted octanol–water partition coefficient (Wildman–Crippen LogP) is 2.13. The van der Waals surface area contributed by atoms with Crippen molar-refractivity contribution in [2.75, 3.05) is 19.8 Å². The lowest BCUT2D eigenvalue weighted by atomic mass is 10.3. The second-order valence-corrected chi connectivity index (χ2v) is 5.00. The summed E-state index contributed by atoms with van der Waals surface area (Å²) in [6.45, 7) is 4.15. The average Bonchev–Trinajstić information content (AvgIpc) is 2.74. The average molecular weight is 278 g/mol. The SMILES string of the molecule is CCCCOCCCNC(=O)c1nnc(Cl)s1. The molecule has 0 saturated carbocycles. The van der Waals surface area contributed by atoms with Gasteiger partial charge in [-0.05, 0) is 24.4 Å². The van der Waals surface area contributed by atoms with Gasteiger partial charge in [0.05, 0.1) is 0 Å². The van der Waals surface area contributed by atoms with E-state index in [1.807, 2.05) is 0 Å². The van der Waals surface area contributed by atoms with Crippen molar-refractivity contribution in [2.24, 2.45) is 0 Å². The molecule has 0 radical (unpaired) electrons. The Morgan fingerprint density at radius 2 is 2.18 bits per heavy atom. The Kier molecular flexibility index (Phi) is 7.07. The number of amides is 1. The second-order valence-electron chi connectivity index (χ2n) is 3.44. The zero-order valence-electron chi connectivity index (χ0n) is 9.74. The van der Waals surface area contributed by atoms with Gasteiger partial charge in [-0.2, -0.15) is 0 Å². The molecule has 0 atom stereocenters. The minimum atomic E-state index is -0.233. The minimum Gasteiger partial charge on any atom is -0.381 e. The van der Waals surface area contributed by atoms with Crippen molar-refractivity contribution in [1.82, 2.24) is 15.5 Å². The first-order chi connectivity index (χ1) is 8.24. The second kappa shape index (κ2) is 8.38. The van der Waals surface area contributed by atoms with Crippen LogP contribution in [0.4, 0.5) is 0 Å². The van der Waals surface area contributed by atoms with Gasteiger partial charge in [-0.25, -0.2) is 0 Å². The smallest absolute Gasteiger partial charge is 0.282 e. The van der Waals surface area contributed by atoms with Gasteiger partial charge in [-0.3, -0.25) is 4.79 Å². The summed E-state index contributed by atoms with van der Waals surface area (Å²) in [5.41, 5.74) is 0. The molecule has 96 valence electrons. The molecular formula is C10H16ClN3O2S. The zero-order valence-corrected chi connectivity index (χ0v) is 11.3. The van der Waals surface area contributed by atoms with Crippen LogP contribution in [0.3, 0.4) is 0 Å². The standard InChI is InChI=1S/C10H16ClN3O2S/c1-2-3-6-16-7-4-5-12-8(15)9-13-14-10(11)17-9/h2-7H2,1H3,(H,12,15). The number of carbonyl (C=O) groups excluding carboxylic acids is 1. The number of ether oxygens (including phenoxy) is 1. The molecule has 1 N–H and O–H groups in total. The molecule has 1 heterocycles. The van der Waals surface area contributed by atoms with Crippen molar-refractivity contribution in [3.05, 3.63) is 9.47 Å². The first-order valence-electron chi connectivity index (χ1n) is 5.59. The van der Waals surface area contributed by atoms with Gasteiger partial charge in [0.2, 0.25) is 9.47 Å². The Bertz CT molecular complexity index is 346. The van der Waals surface area contributed by atoms with Gasteiger partial charge >= 0.3 is 0 Å². The molecule has 17 heavy (non-hydrogen) atoms. The van der Waals surface area contributed by atoms with Crippen LogP contribution in [-0.4, -0.2) is 35.9 Å². The van der Waals surface area contributed by atoms with Gasteiger partial charge in [-0.15, -0.1) is 10.2 Å². The summed E-state index contributed by atoms with van der Waals surface area (Å²) in [7, 11) is 0. The Labute approximate surface area is 110 Å². The van der Waals surface area contributed by atoms with Crippen LogP contribution in [-0.2, 0) is 4.74 Å². The summed E-state index contributed by atoms with van der Waals surface area (Å²) in [5, 5.41) is 10.2. The third-order valence-corrected chi connectivity index (χ3v) is 3.01. The monoisotopic (exact) mass is 277 g/mol. The lowest BCUT2D eigenvalue weighted by Gasteiger charge is -2.04. The molecule has 1 aromatic rings.